The summed E-state index contributed by atoms with van der Waals surface area (Å²) in [7, 11) is 1.88. The zero-order valence-electron chi connectivity index (χ0n) is 12.1. The van der Waals surface area contributed by atoms with Gasteiger partial charge in [-0.05, 0) is 43.9 Å². The summed E-state index contributed by atoms with van der Waals surface area (Å²) in [6, 6.07) is 6.05. The summed E-state index contributed by atoms with van der Waals surface area (Å²) in [6.45, 7) is 2.04. The van der Waals surface area contributed by atoms with Crippen LogP contribution in [0.15, 0.2) is 18.2 Å². The van der Waals surface area contributed by atoms with E-state index in [-0.39, 0.29) is 12.5 Å². The maximum absolute atomic E-state index is 12.4. The van der Waals surface area contributed by atoms with E-state index in [2.05, 4.69) is 11.8 Å². The second-order valence-corrected chi connectivity index (χ2v) is 5.31. The van der Waals surface area contributed by atoms with Crippen molar-refractivity contribution in [2.24, 2.45) is 0 Å². The van der Waals surface area contributed by atoms with Crippen molar-refractivity contribution >= 4 is 5.91 Å². The van der Waals surface area contributed by atoms with Crippen LogP contribution in [0.25, 0.3) is 0 Å². The molecule has 1 fully saturated rings. The van der Waals surface area contributed by atoms with Gasteiger partial charge in [0.05, 0.1) is 6.61 Å². The molecule has 3 heteroatoms. The molecule has 0 aromatic heterocycles. The van der Waals surface area contributed by atoms with Crippen molar-refractivity contribution in [1.29, 1.82) is 0 Å². The van der Waals surface area contributed by atoms with Gasteiger partial charge in [0.1, 0.15) is 0 Å². The molecule has 0 spiro atoms. The lowest BCUT2D eigenvalue weighted by atomic mass is 9.91. The first kappa shape index (κ1) is 14.6. The van der Waals surface area contributed by atoms with E-state index in [0.29, 0.717) is 18.0 Å². The van der Waals surface area contributed by atoms with Crippen molar-refractivity contribution in [2.45, 2.75) is 38.6 Å². The number of carbonyl (C=O) groups excluding carboxylic acids is 1. The summed E-state index contributed by atoms with van der Waals surface area (Å²) >= 11 is 0. The van der Waals surface area contributed by atoms with Gasteiger partial charge >= 0.3 is 0 Å². The van der Waals surface area contributed by atoms with Crippen molar-refractivity contribution in [3.8, 4) is 11.8 Å². The van der Waals surface area contributed by atoms with Crippen molar-refractivity contribution < 1.29 is 9.90 Å². The number of benzene rings is 1. The van der Waals surface area contributed by atoms with E-state index in [1.165, 1.54) is 6.42 Å². The largest absolute Gasteiger partial charge is 0.395 e. The average Bonchev–Trinajstić information content (AvgIpc) is 2.38. The molecule has 0 atom stereocenters. The van der Waals surface area contributed by atoms with E-state index >= 15 is 0 Å². The first-order valence-electron chi connectivity index (χ1n) is 7.11. The molecular formula is C17H21NO2. The van der Waals surface area contributed by atoms with Gasteiger partial charge in [-0.1, -0.05) is 17.9 Å². The molecule has 1 N–H and O–H groups in total. The number of aliphatic hydroxyl groups is 1. The topological polar surface area (TPSA) is 40.5 Å². The van der Waals surface area contributed by atoms with E-state index < -0.39 is 0 Å². The summed E-state index contributed by atoms with van der Waals surface area (Å²) in [5.74, 6) is 6.00. The molecule has 0 heterocycles. The molecule has 3 nitrogen and oxygen atoms in total. The van der Waals surface area contributed by atoms with Crippen molar-refractivity contribution in [3.05, 3.63) is 34.9 Å². The Morgan fingerprint density at radius 2 is 2.20 bits per heavy atom. The van der Waals surface area contributed by atoms with Gasteiger partial charge in [0.25, 0.3) is 5.91 Å². The van der Waals surface area contributed by atoms with Crippen LogP contribution in [0, 0.1) is 18.8 Å². The van der Waals surface area contributed by atoms with E-state index in [4.69, 9.17) is 5.11 Å². The quantitative estimate of drug-likeness (QED) is 0.857. The van der Waals surface area contributed by atoms with Crippen LogP contribution >= 0.6 is 0 Å². The molecule has 1 aromatic rings. The number of hydrogen-bond acceptors (Lipinski definition) is 2. The summed E-state index contributed by atoms with van der Waals surface area (Å²) in [6.07, 6.45) is 3.89. The summed E-state index contributed by atoms with van der Waals surface area (Å²) in [4.78, 5) is 14.3. The number of aryl methyl sites for hydroxylation is 1. The number of amides is 1. The summed E-state index contributed by atoms with van der Waals surface area (Å²) in [5.41, 5.74) is 2.61. The fourth-order valence-electron chi connectivity index (χ4n) is 2.25. The molecule has 0 unspecified atom stereocenters. The Balaban J connectivity index is 2.18. The van der Waals surface area contributed by atoms with Gasteiger partial charge < -0.3 is 10.0 Å². The van der Waals surface area contributed by atoms with Gasteiger partial charge in [0, 0.05) is 30.6 Å². The Hall–Kier alpha value is -1.79. The lowest BCUT2D eigenvalue weighted by Gasteiger charge is -2.34. The molecule has 1 aliphatic carbocycles. The Morgan fingerprint density at radius 1 is 1.45 bits per heavy atom. The molecular weight excluding hydrogens is 250 g/mol. The van der Waals surface area contributed by atoms with E-state index in [9.17, 15) is 4.79 Å². The van der Waals surface area contributed by atoms with Crippen molar-refractivity contribution in [1.82, 2.24) is 4.90 Å². The number of hydrogen-bond donors (Lipinski definition) is 1. The number of nitrogens with zero attached hydrogens (tertiary/aromatic N) is 1. The van der Waals surface area contributed by atoms with Crippen LogP contribution < -0.4 is 0 Å². The zero-order valence-corrected chi connectivity index (χ0v) is 12.1. The highest BCUT2D eigenvalue weighted by Crippen LogP contribution is 2.25. The molecule has 0 saturated heterocycles. The molecule has 1 saturated carbocycles. The summed E-state index contributed by atoms with van der Waals surface area (Å²) in [5, 5.41) is 8.76. The standard InChI is InChI=1S/C17H21NO2/c1-13-9-10-15(12-14(13)6-3-4-11-19)17(20)18(2)16-7-5-8-16/h9-10,12,16,19H,4-5,7-8,11H2,1-2H3. The second kappa shape index (κ2) is 6.58. The minimum atomic E-state index is 0.0646. The van der Waals surface area contributed by atoms with E-state index in [1.54, 1.807) is 0 Å². The third-order valence-electron chi connectivity index (χ3n) is 3.89. The van der Waals surface area contributed by atoms with Crippen LogP contribution in [-0.4, -0.2) is 35.6 Å². The lowest BCUT2D eigenvalue weighted by Crippen LogP contribution is -2.41. The first-order valence-corrected chi connectivity index (χ1v) is 7.11. The average molecular weight is 271 g/mol. The molecule has 0 radical (unpaired) electrons. The third-order valence-corrected chi connectivity index (χ3v) is 3.89. The highest BCUT2D eigenvalue weighted by atomic mass is 16.2. The van der Waals surface area contributed by atoms with Crippen molar-refractivity contribution in [3.63, 3.8) is 0 Å². The van der Waals surface area contributed by atoms with Crippen molar-refractivity contribution in [2.75, 3.05) is 13.7 Å². The summed E-state index contributed by atoms with van der Waals surface area (Å²) < 4.78 is 0. The molecule has 20 heavy (non-hydrogen) atoms. The predicted molar refractivity (Wildman–Crippen MR) is 79.5 cm³/mol. The molecule has 0 aliphatic heterocycles. The van der Waals surface area contributed by atoms with Crippen LogP contribution in [0.2, 0.25) is 0 Å². The molecule has 1 aliphatic rings. The van der Waals surface area contributed by atoms with Crippen LogP contribution in [0.1, 0.15) is 47.2 Å². The predicted octanol–water partition coefficient (Wildman–Crippen LogP) is 2.35. The monoisotopic (exact) mass is 271 g/mol. The van der Waals surface area contributed by atoms with Gasteiger partial charge in [0.15, 0.2) is 0 Å². The molecule has 1 amide bonds. The van der Waals surface area contributed by atoms with E-state index in [1.807, 2.05) is 37.1 Å². The highest BCUT2D eigenvalue weighted by molar-refractivity contribution is 5.94. The van der Waals surface area contributed by atoms with Gasteiger partial charge in [-0.25, -0.2) is 0 Å². The van der Waals surface area contributed by atoms with Gasteiger partial charge in [0.2, 0.25) is 0 Å². The number of aliphatic hydroxyl groups excluding tert-OH is 1. The maximum Gasteiger partial charge on any atom is 0.253 e. The van der Waals surface area contributed by atoms with Gasteiger partial charge in [-0.3, -0.25) is 4.79 Å². The number of rotatable bonds is 3. The normalized spacial score (nSPS) is 14.2. The Bertz CT molecular complexity index is 550. The smallest absolute Gasteiger partial charge is 0.253 e. The molecule has 0 bridgehead atoms. The zero-order chi connectivity index (χ0) is 14.5. The Labute approximate surface area is 120 Å². The third kappa shape index (κ3) is 3.20. The molecule has 2 rings (SSSR count). The van der Waals surface area contributed by atoms with E-state index in [0.717, 1.165) is 24.0 Å². The Morgan fingerprint density at radius 3 is 2.80 bits per heavy atom. The lowest BCUT2D eigenvalue weighted by molar-refractivity contribution is 0.0652. The van der Waals surface area contributed by atoms with Gasteiger partial charge in [-0.2, -0.15) is 0 Å². The fourth-order valence-corrected chi connectivity index (χ4v) is 2.25. The fraction of sp³-hybridized carbons (Fsp3) is 0.471. The molecule has 1 aromatic carbocycles. The van der Waals surface area contributed by atoms with Gasteiger partial charge in [-0.15, -0.1) is 0 Å². The SMILES string of the molecule is Cc1ccc(C(=O)N(C)C2CCC2)cc1C#CCCO. The van der Waals surface area contributed by atoms with Crippen LogP contribution in [-0.2, 0) is 0 Å². The van der Waals surface area contributed by atoms with Crippen LogP contribution in [0.3, 0.4) is 0 Å². The number of carbonyl (C=O) groups is 1. The minimum absolute atomic E-state index is 0.0646. The Kier molecular flexibility index (Phi) is 4.81. The molecule has 106 valence electrons. The van der Waals surface area contributed by atoms with Crippen LogP contribution in [0.5, 0.6) is 0 Å². The van der Waals surface area contributed by atoms with Crippen LogP contribution in [0.4, 0.5) is 0 Å². The second-order valence-electron chi connectivity index (χ2n) is 5.31. The highest BCUT2D eigenvalue weighted by Gasteiger charge is 2.26. The maximum atomic E-state index is 12.4. The minimum Gasteiger partial charge on any atom is -0.395 e. The first-order chi connectivity index (χ1) is 9.63.